The van der Waals surface area contributed by atoms with Crippen molar-refractivity contribution < 1.29 is 14.3 Å². The Bertz CT molecular complexity index is 1100. The van der Waals surface area contributed by atoms with Gasteiger partial charge in [-0.2, -0.15) is 0 Å². The van der Waals surface area contributed by atoms with Gasteiger partial charge >= 0.3 is 0 Å². The van der Waals surface area contributed by atoms with Crippen molar-refractivity contribution in [2.45, 2.75) is 45.7 Å². The average Bonchev–Trinajstić information content (AvgIpc) is 3.03. The molecule has 1 aromatic heterocycles. The van der Waals surface area contributed by atoms with E-state index in [1.807, 2.05) is 33.7 Å². The number of fused-ring (bicyclic) bond motifs is 2. The molecule has 0 radical (unpaired) electrons. The number of ether oxygens (including phenoxy) is 2. The molecular formula is C25H30N4O3. The number of hydrogen-bond acceptors (Lipinski definition) is 5. The summed E-state index contributed by atoms with van der Waals surface area (Å²) in [4.78, 5) is 21.9. The normalized spacial score (nSPS) is 21.8. The Morgan fingerprint density at radius 1 is 1.12 bits per heavy atom. The van der Waals surface area contributed by atoms with Crippen LogP contribution in [0.25, 0.3) is 11.0 Å². The molecule has 3 aromatic rings. The van der Waals surface area contributed by atoms with Crippen molar-refractivity contribution in [2.75, 3.05) is 26.2 Å². The predicted molar refractivity (Wildman–Crippen MR) is 122 cm³/mol. The van der Waals surface area contributed by atoms with E-state index < -0.39 is 0 Å². The second-order valence-corrected chi connectivity index (χ2v) is 8.92. The van der Waals surface area contributed by atoms with E-state index in [0.29, 0.717) is 19.7 Å². The van der Waals surface area contributed by atoms with Crippen LogP contribution >= 0.6 is 0 Å². The van der Waals surface area contributed by atoms with Crippen LogP contribution in [0.1, 0.15) is 25.0 Å². The molecule has 1 fully saturated rings. The molecule has 0 aliphatic carbocycles. The van der Waals surface area contributed by atoms with E-state index in [2.05, 4.69) is 41.9 Å². The number of benzene rings is 2. The molecule has 2 aliphatic rings. The number of rotatable bonds is 4. The standard InChI is InChI=1S/C25H30N4O3/c1-18-12-27(13-19(2)32-18)14-20-7-8-24-21(11-20)15-28(9-10-31-24)25(30)16-29-17-26-22-5-3-4-6-23(22)29/h3-8,11,17-19H,9-10,12-16H2,1-2H3/t18-,19+. The number of amides is 1. The van der Waals surface area contributed by atoms with Crippen LogP contribution in [0.5, 0.6) is 5.75 Å². The summed E-state index contributed by atoms with van der Waals surface area (Å²) in [5, 5.41) is 0. The van der Waals surface area contributed by atoms with E-state index in [4.69, 9.17) is 9.47 Å². The van der Waals surface area contributed by atoms with Gasteiger partial charge in [0.1, 0.15) is 18.9 Å². The average molecular weight is 435 g/mol. The van der Waals surface area contributed by atoms with Gasteiger partial charge in [0.05, 0.1) is 36.1 Å². The van der Waals surface area contributed by atoms with Crippen LogP contribution in [0.4, 0.5) is 0 Å². The highest BCUT2D eigenvalue weighted by Crippen LogP contribution is 2.26. The molecule has 2 atom stereocenters. The summed E-state index contributed by atoms with van der Waals surface area (Å²) in [6.45, 7) is 8.91. The Labute approximate surface area is 188 Å². The Morgan fingerprint density at radius 3 is 2.78 bits per heavy atom. The first-order valence-corrected chi connectivity index (χ1v) is 11.4. The van der Waals surface area contributed by atoms with E-state index in [1.54, 1.807) is 6.33 Å². The molecule has 168 valence electrons. The monoisotopic (exact) mass is 434 g/mol. The first-order valence-electron chi connectivity index (χ1n) is 11.4. The van der Waals surface area contributed by atoms with Gasteiger partial charge in [-0.25, -0.2) is 4.98 Å². The lowest BCUT2D eigenvalue weighted by Crippen LogP contribution is -2.44. The highest BCUT2D eigenvalue weighted by Gasteiger charge is 2.24. The molecular weight excluding hydrogens is 404 g/mol. The lowest BCUT2D eigenvalue weighted by atomic mass is 10.1. The summed E-state index contributed by atoms with van der Waals surface area (Å²) in [7, 11) is 0. The van der Waals surface area contributed by atoms with Gasteiger partial charge in [0.15, 0.2) is 0 Å². The maximum Gasteiger partial charge on any atom is 0.242 e. The van der Waals surface area contributed by atoms with Gasteiger partial charge in [0.25, 0.3) is 0 Å². The van der Waals surface area contributed by atoms with Crippen molar-refractivity contribution in [3.63, 3.8) is 0 Å². The van der Waals surface area contributed by atoms with Gasteiger partial charge in [-0.3, -0.25) is 9.69 Å². The van der Waals surface area contributed by atoms with Gasteiger partial charge in [-0.1, -0.05) is 18.2 Å². The Kier molecular flexibility index (Phi) is 5.85. The molecule has 32 heavy (non-hydrogen) atoms. The molecule has 2 aliphatic heterocycles. The molecule has 5 rings (SSSR count). The van der Waals surface area contributed by atoms with E-state index in [1.165, 1.54) is 5.56 Å². The zero-order chi connectivity index (χ0) is 22.1. The van der Waals surface area contributed by atoms with Crippen molar-refractivity contribution >= 4 is 16.9 Å². The van der Waals surface area contributed by atoms with Crippen LogP contribution < -0.4 is 4.74 Å². The largest absolute Gasteiger partial charge is 0.491 e. The second kappa shape index (κ2) is 8.92. The van der Waals surface area contributed by atoms with Crippen molar-refractivity contribution in [3.05, 3.63) is 59.9 Å². The number of nitrogens with zero attached hydrogens (tertiary/aromatic N) is 4. The topological polar surface area (TPSA) is 59.8 Å². The predicted octanol–water partition coefficient (Wildman–Crippen LogP) is 3.07. The molecule has 0 saturated carbocycles. The van der Waals surface area contributed by atoms with Crippen molar-refractivity contribution in [3.8, 4) is 5.75 Å². The summed E-state index contributed by atoms with van der Waals surface area (Å²) in [5.74, 6) is 0.951. The Hall–Kier alpha value is -2.90. The molecule has 7 nitrogen and oxygen atoms in total. The van der Waals surface area contributed by atoms with Crippen LogP contribution in [0.2, 0.25) is 0 Å². The summed E-state index contributed by atoms with van der Waals surface area (Å²) in [6.07, 6.45) is 2.23. The van der Waals surface area contributed by atoms with Crippen LogP contribution in [-0.4, -0.2) is 63.7 Å². The molecule has 1 amide bonds. The van der Waals surface area contributed by atoms with Crippen LogP contribution in [0.3, 0.4) is 0 Å². The number of morpholine rings is 1. The van der Waals surface area contributed by atoms with Gasteiger partial charge in [-0.15, -0.1) is 0 Å². The lowest BCUT2D eigenvalue weighted by Gasteiger charge is -2.35. The summed E-state index contributed by atoms with van der Waals surface area (Å²) in [6, 6.07) is 14.3. The highest BCUT2D eigenvalue weighted by atomic mass is 16.5. The van der Waals surface area contributed by atoms with E-state index in [0.717, 1.165) is 42.0 Å². The fourth-order valence-electron chi connectivity index (χ4n) is 4.81. The maximum absolute atomic E-state index is 13.1. The SMILES string of the molecule is C[C@@H]1CN(Cc2ccc3c(c2)CN(C(=O)Cn2cnc4ccccc42)CCO3)C[C@H](C)O1. The third-order valence-corrected chi connectivity index (χ3v) is 6.19. The zero-order valence-corrected chi connectivity index (χ0v) is 18.7. The minimum Gasteiger partial charge on any atom is -0.491 e. The van der Waals surface area contributed by atoms with Crippen LogP contribution in [0.15, 0.2) is 48.8 Å². The third kappa shape index (κ3) is 4.49. The molecule has 3 heterocycles. The zero-order valence-electron chi connectivity index (χ0n) is 18.7. The first kappa shape index (κ1) is 21.0. The van der Waals surface area contributed by atoms with Gasteiger partial charge in [-0.05, 0) is 43.7 Å². The molecule has 7 heteroatoms. The Balaban J connectivity index is 1.30. The smallest absolute Gasteiger partial charge is 0.242 e. The van der Waals surface area contributed by atoms with E-state index >= 15 is 0 Å². The van der Waals surface area contributed by atoms with Crippen molar-refractivity contribution in [1.82, 2.24) is 19.4 Å². The molecule has 2 aromatic carbocycles. The van der Waals surface area contributed by atoms with Crippen molar-refractivity contribution in [2.24, 2.45) is 0 Å². The highest BCUT2D eigenvalue weighted by molar-refractivity contribution is 5.80. The summed E-state index contributed by atoms with van der Waals surface area (Å²) < 4.78 is 13.7. The number of aromatic nitrogens is 2. The molecule has 0 bridgehead atoms. The molecule has 0 N–H and O–H groups in total. The molecule has 0 unspecified atom stereocenters. The number of carbonyl (C=O) groups excluding carboxylic acids is 1. The summed E-state index contributed by atoms with van der Waals surface area (Å²) in [5.41, 5.74) is 4.19. The van der Waals surface area contributed by atoms with Crippen LogP contribution in [0, 0.1) is 0 Å². The third-order valence-electron chi connectivity index (χ3n) is 6.19. The van der Waals surface area contributed by atoms with Gasteiger partial charge < -0.3 is 18.9 Å². The second-order valence-electron chi connectivity index (χ2n) is 8.92. The van der Waals surface area contributed by atoms with Gasteiger partial charge in [0, 0.05) is 31.7 Å². The lowest BCUT2D eigenvalue weighted by molar-refractivity contribution is -0.132. The summed E-state index contributed by atoms with van der Waals surface area (Å²) >= 11 is 0. The van der Waals surface area contributed by atoms with E-state index in [9.17, 15) is 4.79 Å². The minimum absolute atomic E-state index is 0.0748. The number of carbonyl (C=O) groups is 1. The molecule has 1 saturated heterocycles. The van der Waals surface area contributed by atoms with E-state index in [-0.39, 0.29) is 24.7 Å². The number of hydrogen-bond donors (Lipinski definition) is 0. The minimum atomic E-state index is 0.0748. The van der Waals surface area contributed by atoms with Gasteiger partial charge in [0.2, 0.25) is 5.91 Å². The quantitative estimate of drug-likeness (QED) is 0.632. The fourth-order valence-corrected chi connectivity index (χ4v) is 4.81. The fraction of sp³-hybridized carbons (Fsp3) is 0.440. The number of para-hydroxylation sites is 2. The first-order chi connectivity index (χ1) is 15.5. The van der Waals surface area contributed by atoms with Crippen LogP contribution in [-0.2, 0) is 29.2 Å². The van der Waals surface area contributed by atoms with Crippen molar-refractivity contribution in [1.29, 1.82) is 0 Å². The Morgan fingerprint density at radius 2 is 1.94 bits per heavy atom. The maximum atomic E-state index is 13.1. The molecule has 0 spiro atoms. The number of imidazole rings is 1.